The smallest absolute Gasteiger partial charge is 0.173 e. The van der Waals surface area contributed by atoms with Crippen LogP contribution >= 0.6 is 11.8 Å². The fourth-order valence-electron chi connectivity index (χ4n) is 1.71. The first kappa shape index (κ1) is 11.1. The molecule has 1 aromatic heterocycles. The molecule has 0 saturated carbocycles. The van der Waals surface area contributed by atoms with Gasteiger partial charge in [0.05, 0.1) is 0 Å². The maximum Gasteiger partial charge on any atom is 0.173 e. The summed E-state index contributed by atoms with van der Waals surface area (Å²) in [4.78, 5) is 1.17. The number of nitrogens with zero attached hydrogens (tertiary/aromatic N) is 1. The van der Waals surface area contributed by atoms with Gasteiger partial charge in [-0.2, -0.15) is 0 Å². The molecular formula is C12H14N2OS. The Hall–Kier alpha value is -1.42. The molecule has 2 aromatic rings. The first-order valence-corrected chi connectivity index (χ1v) is 6.37. The molecular weight excluding hydrogens is 220 g/mol. The van der Waals surface area contributed by atoms with Crippen molar-refractivity contribution < 1.29 is 4.52 Å². The predicted molar refractivity (Wildman–Crippen MR) is 67.5 cm³/mol. The van der Waals surface area contributed by atoms with E-state index < -0.39 is 0 Å². The van der Waals surface area contributed by atoms with E-state index in [1.165, 1.54) is 4.90 Å². The molecule has 0 bridgehead atoms. The summed E-state index contributed by atoms with van der Waals surface area (Å²) in [7, 11) is 0. The van der Waals surface area contributed by atoms with Crippen LogP contribution in [-0.4, -0.2) is 11.4 Å². The average molecular weight is 234 g/mol. The Labute approximate surface area is 99.0 Å². The van der Waals surface area contributed by atoms with Crippen molar-refractivity contribution in [1.82, 2.24) is 5.16 Å². The molecule has 3 nitrogen and oxygen atoms in total. The maximum absolute atomic E-state index is 5.77. The third-order valence-corrected chi connectivity index (χ3v) is 3.32. The lowest BCUT2D eigenvalue weighted by Gasteiger charge is -2.04. The second-order valence-electron chi connectivity index (χ2n) is 3.43. The number of benzene rings is 1. The molecule has 0 radical (unpaired) electrons. The number of anilines is 1. The Morgan fingerprint density at radius 2 is 2.12 bits per heavy atom. The second kappa shape index (κ2) is 4.61. The Morgan fingerprint density at radius 1 is 1.38 bits per heavy atom. The third kappa shape index (κ3) is 1.80. The van der Waals surface area contributed by atoms with E-state index in [0.717, 1.165) is 23.3 Å². The van der Waals surface area contributed by atoms with E-state index in [0.29, 0.717) is 5.82 Å². The zero-order valence-electron chi connectivity index (χ0n) is 9.36. The molecule has 0 aliphatic heterocycles. The topological polar surface area (TPSA) is 52.0 Å². The van der Waals surface area contributed by atoms with Crippen molar-refractivity contribution in [3.63, 3.8) is 0 Å². The van der Waals surface area contributed by atoms with Crippen LogP contribution in [0.5, 0.6) is 0 Å². The monoisotopic (exact) mass is 234 g/mol. The number of nitrogens with two attached hydrogens (primary N) is 1. The molecule has 0 unspecified atom stereocenters. The van der Waals surface area contributed by atoms with Gasteiger partial charge < -0.3 is 10.3 Å². The number of aromatic nitrogens is 1. The van der Waals surface area contributed by atoms with E-state index in [4.69, 9.17) is 10.3 Å². The van der Waals surface area contributed by atoms with Crippen LogP contribution in [0.15, 0.2) is 33.7 Å². The van der Waals surface area contributed by atoms with E-state index in [2.05, 4.69) is 11.2 Å². The summed E-state index contributed by atoms with van der Waals surface area (Å²) in [6, 6.07) is 8.11. The van der Waals surface area contributed by atoms with E-state index >= 15 is 0 Å². The van der Waals surface area contributed by atoms with Crippen LogP contribution < -0.4 is 5.73 Å². The number of hydrogen-bond donors (Lipinski definition) is 1. The van der Waals surface area contributed by atoms with E-state index in [-0.39, 0.29) is 0 Å². The Bertz CT molecular complexity index is 494. The van der Waals surface area contributed by atoms with Crippen LogP contribution in [0.2, 0.25) is 0 Å². The van der Waals surface area contributed by atoms with Gasteiger partial charge in [-0.3, -0.25) is 0 Å². The normalized spacial score (nSPS) is 10.6. The summed E-state index contributed by atoms with van der Waals surface area (Å²) < 4.78 is 5.33. The number of thioether (sulfide) groups is 1. The third-order valence-electron chi connectivity index (χ3n) is 2.52. The van der Waals surface area contributed by atoms with Crippen LogP contribution in [0, 0.1) is 0 Å². The summed E-state index contributed by atoms with van der Waals surface area (Å²) in [6.45, 7) is 2.05. The summed E-state index contributed by atoms with van der Waals surface area (Å²) in [6.07, 6.45) is 2.87. The zero-order chi connectivity index (χ0) is 11.5. The highest BCUT2D eigenvalue weighted by Gasteiger charge is 2.16. The van der Waals surface area contributed by atoms with Crippen molar-refractivity contribution in [1.29, 1.82) is 0 Å². The van der Waals surface area contributed by atoms with Crippen molar-refractivity contribution in [2.75, 3.05) is 12.0 Å². The van der Waals surface area contributed by atoms with E-state index in [1.807, 2.05) is 31.4 Å². The largest absolute Gasteiger partial charge is 0.381 e. The molecule has 16 heavy (non-hydrogen) atoms. The fraction of sp³-hybridized carbons (Fsp3) is 0.250. The molecule has 0 aliphatic carbocycles. The molecule has 0 spiro atoms. The van der Waals surface area contributed by atoms with Crippen LogP contribution in [0.1, 0.15) is 12.5 Å². The van der Waals surface area contributed by atoms with Gasteiger partial charge >= 0.3 is 0 Å². The first-order valence-electron chi connectivity index (χ1n) is 5.15. The van der Waals surface area contributed by atoms with Gasteiger partial charge in [-0.25, -0.2) is 0 Å². The molecule has 0 saturated heterocycles. The Morgan fingerprint density at radius 3 is 2.81 bits per heavy atom. The van der Waals surface area contributed by atoms with Crippen LogP contribution in [0.3, 0.4) is 0 Å². The van der Waals surface area contributed by atoms with Gasteiger partial charge in [-0.05, 0) is 24.8 Å². The lowest BCUT2D eigenvalue weighted by atomic mass is 10.1. The van der Waals surface area contributed by atoms with Crippen molar-refractivity contribution >= 4 is 17.6 Å². The lowest BCUT2D eigenvalue weighted by Crippen LogP contribution is -1.91. The molecule has 0 aliphatic rings. The van der Waals surface area contributed by atoms with Gasteiger partial charge in [0.15, 0.2) is 11.6 Å². The molecule has 2 rings (SSSR count). The van der Waals surface area contributed by atoms with Crippen molar-refractivity contribution in [3.8, 4) is 11.3 Å². The predicted octanol–water partition coefficient (Wildman–Crippen LogP) is 3.21. The number of nitrogen functional groups attached to an aromatic ring is 1. The minimum Gasteiger partial charge on any atom is -0.381 e. The van der Waals surface area contributed by atoms with Gasteiger partial charge in [0.2, 0.25) is 0 Å². The van der Waals surface area contributed by atoms with Gasteiger partial charge in [0.25, 0.3) is 0 Å². The molecule has 1 heterocycles. The Balaban J connectivity index is 2.58. The maximum atomic E-state index is 5.77. The van der Waals surface area contributed by atoms with Gasteiger partial charge in [0.1, 0.15) is 0 Å². The zero-order valence-corrected chi connectivity index (χ0v) is 10.2. The number of rotatable bonds is 3. The average Bonchev–Trinajstić information content (AvgIpc) is 2.70. The minimum absolute atomic E-state index is 0.494. The molecule has 84 valence electrons. The van der Waals surface area contributed by atoms with Crippen LogP contribution in [0.4, 0.5) is 5.82 Å². The summed E-state index contributed by atoms with van der Waals surface area (Å²) in [5, 5.41) is 3.83. The van der Waals surface area contributed by atoms with Crippen molar-refractivity contribution in [2.24, 2.45) is 0 Å². The highest BCUT2D eigenvalue weighted by molar-refractivity contribution is 7.98. The van der Waals surface area contributed by atoms with Crippen molar-refractivity contribution in [3.05, 3.63) is 29.8 Å². The summed E-state index contributed by atoms with van der Waals surface area (Å²) in [5.41, 5.74) is 7.82. The molecule has 0 fully saturated rings. The Kier molecular flexibility index (Phi) is 3.19. The van der Waals surface area contributed by atoms with Gasteiger partial charge in [0, 0.05) is 16.0 Å². The quantitative estimate of drug-likeness (QED) is 0.828. The standard InChI is InChI=1S/C12H14N2OS/c1-3-8-11(15-14-12(8)13)9-6-4-5-7-10(9)16-2/h4-7H,3H2,1-2H3,(H2,13,14). The van der Waals surface area contributed by atoms with Crippen molar-refractivity contribution in [2.45, 2.75) is 18.2 Å². The second-order valence-corrected chi connectivity index (χ2v) is 4.28. The molecule has 4 heteroatoms. The summed E-state index contributed by atoms with van der Waals surface area (Å²) >= 11 is 1.69. The molecule has 0 amide bonds. The highest BCUT2D eigenvalue weighted by atomic mass is 32.2. The molecule has 1 aromatic carbocycles. The van der Waals surface area contributed by atoms with E-state index in [9.17, 15) is 0 Å². The fourth-order valence-corrected chi connectivity index (χ4v) is 2.30. The highest BCUT2D eigenvalue weighted by Crippen LogP contribution is 2.34. The molecule has 0 atom stereocenters. The SMILES string of the molecule is CCc1c(N)noc1-c1ccccc1SC. The summed E-state index contributed by atoms with van der Waals surface area (Å²) in [5.74, 6) is 1.29. The van der Waals surface area contributed by atoms with Gasteiger partial charge in [-0.15, -0.1) is 11.8 Å². The van der Waals surface area contributed by atoms with Gasteiger partial charge in [-0.1, -0.05) is 24.2 Å². The lowest BCUT2D eigenvalue weighted by molar-refractivity contribution is 0.434. The first-order chi connectivity index (χ1) is 7.77. The van der Waals surface area contributed by atoms with Crippen LogP contribution in [-0.2, 0) is 6.42 Å². The van der Waals surface area contributed by atoms with E-state index in [1.54, 1.807) is 11.8 Å². The van der Waals surface area contributed by atoms with Crippen LogP contribution in [0.25, 0.3) is 11.3 Å². The minimum atomic E-state index is 0.494. The number of hydrogen-bond acceptors (Lipinski definition) is 4. The molecule has 2 N–H and O–H groups in total.